The molecule has 0 aliphatic carbocycles. The average molecular weight is 640 g/mol. The number of amides is 2. The Labute approximate surface area is 248 Å². The Kier molecular flexibility index (Phi) is 10.0. The summed E-state index contributed by atoms with van der Waals surface area (Å²) in [6.07, 6.45) is 1.61. The number of thioether (sulfide) groups is 1. The van der Waals surface area contributed by atoms with Crippen molar-refractivity contribution in [2.75, 3.05) is 11.1 Å². The molecule has 0 radical (unpaired) electrons. The number of hydrogen-bond donors (Lipinski definition) is 2. The number of carbonyl (C=O) groups is 3. The SMILES string of the molecule is O=C(Nc1cccc(SCC(=O)c2ccc(Cl)cc2Cl)c1)/C(=C/c1cccc(Br)c1)NC(=O)c1ccccc1. The van der Waals surface area contributed by atoms with Crippen LogP contribution in [0, 0.1) is 0 Å². The van der Waals surface area contributed by atoms with Crippen molar-refractivity contribution in [1.29, 1.82) is 0 Å². The van der Waals surface area contributed by atoms with E-state index in [1.54, 1.807) is 60.7 Å². The third-order valence-corrected chi connectivity index (χ3v) is 7.42. The minimum absolute atomic E-state index is 0.0765. The second kappa shape index (κ2) is 13.6. The van der Waals surface area contributed by atoms with Gasteiger partial charge in [0.2, 0.25) is 0 Å². The van der Waals surface area contributed by atoms with Crippen molar-refractivity contribution in [3.63, 3.8) is 0 Å². The molecule has 196 valence electrons. The highest BCUT2D eigenvalue weighted by atomic mass is 79.9. The predicted octanol–water partition coefficient (Wildman–Crippen LogP) is 8.14. The molecule has 0 aliphatic heterocycles. The molecule has 4 rings (SSSR count). The summed E-state index contributed by atoms with van der Waals surface area (Å²) in [5.74, 6) is -0.889. The lowest BCUT2D eigenvalue weighted by atomic mass is 10.1. The van der Waals surface area contributed by atoms with E-state index in [0.29, 0.717) is 26.9 Å². The highest BCUT2D eigenvalue weighted by Gasteiger charge is 2.16. The Morgan fingerprint density at radius 1 is 0.846 bits per heavy atom. The topological polar surface area (TPSA) is 75.3 Å². The fourth-order valence-electron chi connectivity index (χ4n) is 3.51. The summed E-state index contributed by atoms with van der Waals surface area (Å²) >= 11 is 16.8. The summed E-state index contributed by atoms with van der Waals surface area (Å²) in [5.41, 5.74) is 2.14. The third-order valence-electron chi connectivity index (χ3n) is 5.38. The molecule has 0 saturated heterocycles. The molecule has 0 fully saturated rings. The lowest BCUT2D eigenvalue weighted by Crippen LogP contribution is -2.30. The first-order valence-electron chi connectivity index (χ1n) is 11.6. The summed E-state index contributed by atoms with van der Waals surface area (Å²) in [6.45, 7) is 0. The van der Waals surface area contributed by atoms with Crippen LogP contribution in [0.2, 0.25) is 10.0 Å². The van der Waals surface area contributed by atoms with E-state index in [1.165, 1.54) is 17.8 Å². The predicted molar refractivity (Wildman–Crippen MR) is 163 cm³/mol. The van der Waals surface area contributed by atoms with Crippen LogP contribution in [0.25, 0.3) is 6.08 Å². The van der Waals surface area contributed by atoms with Gasteiger partial charge in [0, 0.05) is 31.2 Å². The molecule has 0 saturated carbocycles. The molecule has 0 aromatic heterocycles. The zero-order valence-corrected chi connectivity index (χ0v) is 24.2. The number of ketones is 1. The van der Waals surface area contributed by atoms with E-state index >= 15 is 0 Å². The highest BCUT2D eigenvalue weighted by Crippen LogP contribution is 2.26. The van der Waals surface area contributed by atoms with Gasteiger partial charge in [0.05, 0.1) is 10.8 Å². The maximum absolute atomic E-state index is 13.3. The highest BCUT2D eigenvalue weighted by molar-refractivity contribution is 9.10. The number of halogens is 3. The molecule has 4 aromatic rings. The van der Waals surface area contributed by atoms with Gasteiger partial charge in [0.15, 0.2) is 5.78 Å². The van der Waals surface area contributed by atoms with E-state index in [2.05, 4.69) is 26.6 Å². The molecule has 9 heteroatoms. The molecule has 0 unspecified atom stereocenters. The second-order valence-corrected chi connectivity index (χ2v) is 11.1. The first-order valence-corrected chi connectivity index (χ1v) is 14.2. The van der Waals surface area contributed by atoms with Crippen LogP contribution in [0.4, 0.5) is 5.69 Å². The van der Waals surface area contributed by atoms with Crippen LogP contribution < -0.4 is 10.6 Å². The number of nitrogens with one attached hydrogen (secondary N) is 2. The number of hydrogen-bond acceptors (Lipinski definition) is 4. The summed E-state index contributed by atoms with van der Waals surface area (Å²) in [5, 5.41) is 6.33. The van der Waals surface area contributed by atoms with Crippen molar-refractivity contribution in [2.24, 2.45) is 0 Å². The molecule has 2 amide bonds. The maximum atomic E-state index is 13.3. The van der Waals surface area contributed by atoms with E-state index in [0.717, 1.165) is 14.9 Å². The lowest BCUT2D eigenvalue weighted by Gasteiger charge is -2.12. The summed E-state index contributed by atoms with van der Waals surface area (Å²) < 4.78 is 0.838. The van der Waals surface area contributed by atoms with E-state index in [4.69, 9.17) is 23.2 Å². The smallest absolute Gasteiger partial charge is 0.272 e. The van der Waals surface area contributed by atoms with Crippen LogP contribution in [0.3, 0.4) is 0 Å². The van der Waals surface area contributed by atoms with E-state index in [-0.39, 0.29) is 17.2 Å². The van der Waals surface area contributed by atoms with Crippen LogP contribution in [-0.4, -0.2) is 23.4 Å². The van der Waals surface area contributed by atoms with E-state index in [1.807, 2.05) is 36.4 Å². The standard InChI is InChI=1S/C30H21BrCl2N2O3S/c31-21-9-4-6-19(14-21)15-27(35-29(37)20-7-2-1-3-8-20)30(38)34-23-10-5-11-24(17-23)39-18-28(36)25-13-12-22(32)16-26(25)33/h1-17H,18H2,(H,34,38)(H,35,37)/b27-15-. The quantitative estimate of drug-likeness (QED) is 0.110. The van der Waals surface area contributed by atoms with Crippen molar-refractivity contribution in [3.8, 4) is 0 Å². The summed E-state index contributed by atoms with van der Waals surface area (Å²) in [4.78, 5) is 39.6. The van der Waals surface area contributed by atoms with Gasteiger partial charge in [0.1, 0.15) is 5.70 Å². The van der Waals surface area contributed by atoms with Gasteiger partial charge >= 0.3 is 0 Å². The minimum atomic E-state index is -0.495. The minimum Gasteiger partial charge on any atom is -0.321 e. The number of anilines is 1. The van der Waals surface area contributed by atoms with Gasteiger partial charge in [-0.15, -0.1) is 11.8 Å². The fraction of sp³-hybridized carbons (Fsp3) is 0.0333. The van der Waals surface area contributed by atoms with Crippen molar-refractivity contribution in [1.82, 2.24) is 5.32 Å². The van der Waals surface area contributed by atoms with Crippen molar-refractivity contribution in [3.05, 3.63) is 134 Å². The summed E-state index contributed by atoms with van der Waals surface area (Å²) in [7, 11) is 0. The maximum Gasteiger partial charge on any atom is 0.272 e. The Bertz CT molecular complexity index is 1560. The molecular weight excluding hydrogens is 619 g/mol. The zero-order valence-electron chi connectivity index (χ0n) is 20.3. The molecule has 4 aromatic carbocycles. The molecule has 0 bridgehead atoms. The van der Waals surface area contributed by atoms with Crippen molar-refractivity contribution >= 4 is 80.3 Å². The van der Waals surface area contributed by atoms with Gasteiger partial charge in [-0.05, 0) is 72.3 Å². The number of carbonyl (C=O) groups excluding carboxylic acids is 3. The molecule has 0 spiro atoms. The van der Waals surface area contributed by atoms with Gasteiger partial charge in [-0.3, -0.25) is 14.4 Å². The average Bonchev–Trinajstić information content (AvgIpc) is 2.92. The fourth-order valence-corrected chi connectivity index (χ4v) is 5.28. The van der Waals surface area contributed by atoms with Crippen LogP contribution in [0.5, 0.6) is 0 Å². The molecular formula is C30H21BrCl2N2O3S. The van der Waals surface area contributed by atoms with E-state index < -0.39 is 11.8 Å². The van der Waals surface area contributed by atoms with Gasteiger partial charge in [-0.2, -0.15) is 0 Å². The lowest BCUT2D eigenvalue weighted by molar-refractivity contribution is -0.113. The number of benzene rings is 4. The van der Waals surface area contributed by atoms with E-state index in [9.17, 15) is 14.4 Å². The Morgan fingerprint density at radius 3 is 2.36 bits per heavy atom. The van der Waals surface area contributed by atoms with Crippen LogP contribution in [0.1, 0.15) is 26.3 Å². The number of Topliss-reactive ketones (excluding diaryl/α,β-unsaturated/α-hetero) is 1. The molecule has 0 atom stereocenters. The molecule has 0 heterocycles. The first kappa shape index (κ1) is 28.6. The van der Waals surface area contributed by atoms with Crippen LogP contribution in [-0.2, 0) is 4.79 Å². The Balaban J connectivity index is 1.49. The monoisotopic (exact) mass is 638 g/mol. The van der Waals surface area contributed by atoms with Crippen LogP contribution >= 0.6 is 50.9 Å². The Hall–Kier alpha value is -3.36. The molecule has 5 nitrogen and oxygen atoms in total. The molecule has 39 heavy (non-hydrogen) atoms. The zero-order chi connectivity index (χ0) is 27.8. The normalized spacial score (nSPS) is 11.1. The van der Waals surface area contributed by atoms with Crippen LogP contribution in [0.15, 0.2) is 112 Å². The van der Waals surface area contributed by atoms with Gasteiger partial charge in [0.25, 0.3) is 11.8 Å². The van der Waals surface area contributed by atoms with Crippen molar-refractivity contribution in [2.45, 2.75) is 4.90 Å². The van der Waals surface area contributed by atoms with Gasteiger partial charge < -0.3 is 10.6 Å². The number of rotatable bonds is 9. The molecule has 2 N–H and O–H groups in total. The largest absolute Gasteiger partial charge is 0.321 e. The first-order chi connectivity index (χ1) is 18.8. The molecule has 0 aliphatic rings. The van der Waals surface area contributed by atoms with Gasteiger partial charge in [-0.1, -0.05) is 75.5 Å². The second-order valence-electron chi connectivity index (χ2n) is 8.25. The van der Waals surface area contributed by atoms with Crippen molar-refractivity contribution < 1.29 is 14.4 Å². The van der Waals surface area contributed by atoms with Gasteiger partial charge in [-0.25, -0.2) is 0 Å². The third kappa shape index (κ3) is 8.31. The Morgan fingerprint density at radius 2 is 1.62 bits per heavy atom. The summed E-state index contributed by atoms with van der Waals surface area (Å²) in [6, 6.07) is 27.9.